The van der Waals surface area contributed by atoms with Gasteiger partial charge in [0.05, 0.1) is 0 Å². The van der Waals surface area contributed by atoms with E-state index in [1.807, 2.05) is 0 Å². The molecule has 0 atom stereocenters. The van der Waals surface area contributed by atoms with Crippen LogP contribution in [0.3, 0.4) is 0 Å². The molecule has 22 heavy (non-hydrogen) atoms. The Labute approximate surface area is 134 Å². The largest absolute Gasteiger partial charge is 0.431 e. The lowest BCUT2D eigenvalue weighted by molar-refractivity contribution is -0.137. The molecule has 0 radical (unpaired) electrons. The lowest BCUT2D eigenvalue weighted by Crippen LogP contribution is -2.23. The zero-order valence-corrected chi connectivity index (χ0v) is 13.7. The second-order valence-corrected chi connectivity index (χ2v) is 5.79. The van der Waals surface area contributed by atoms with E-state index in [1.165, 1.54) is 45.4 Å². The van der Waals surface area contributed by atoms with E-state index in [4.69, 9.17) is 4.74 Å². The summed E-state index contributed by atoms with van der Waals surface area (Å²) in [5.41, 5.74) is 0. The highest BCUT2D eigenvalue weighted by molar-refractivity contribution is 5.77. The smallest absolute Gasteiger partial charge is 0.307 e. The SMILES string of the molecule is CC(=O)O/C1=C\C=C/CC(=O)NCCCCCCCCCC1. The molecule has 0 aromatic rings. The molecule has 4 nitrogen and oxygen atoms in total. The molecular formula is C18H29NO3. The van der Waals surface area contributed by atoms with Gasteiger partial charge in [-0.3, -0.25) is 9.59 Å². The molecule has 1 N–H and O–H groups in total. The Morgan fingerprint density at radius 1 is 1.05 bits per heavy atom. The standard InChI is InChI=1S/C18H29NO3/c1-16(20)22-17-12-8-6-4-2-3-5-7-11-15-19-18(21)14-10-9-13-17/h9-10,13H,2-8,11-12,14-15H2,1H3,(H,19,21)/b10-9-,17-13-. The first-order chi connectivity index (χ1) is 10.7. The number of nitrogens with one attached hydrogen (secondary N) is 1. The van der Waals surface area contributed by atoms with E-state index < -0.39 is 0 Å². The van der Waals surface area contributed by atoms with Crippen molar-refractivity contribution in [3.63, 3.8) is 0 Å². The monoisotopic (exact) mass is 307 g/mol. The summed E-state index contributed by atoms with van der Waals surface area (Å²) in [6.45, 7) is 2.18. The van der Waals surface area contributed by atoms with Crippen LogP contribution < -0.4 is 5.32 Å². The van der Waals surface area contributed by atoms with Crippen LogP contribution in [-0.2, 0) is 14.3 Å². The second kappa shape index (κ2) is 12.0. The molecular weight excluding hydrogens is 278 g/mol. The average molecular weight is 307 g/mol. The first-order valence-corrected chi connectivity index (χ1v) is 8.49. The van der Waals surface area contributed by atoms with Gasteiger partial charge in [-0.2, -0.15) is 0 Å². The quantitative estimate of drug-likeness (QED) is 0.744. The first kappa shape index (κ1) is 18.5. The van der Waals surface area contributed by atoms with Gasteiger partial charge < -0.3 is 10.1 Å². The van der Waals surface area contributed by atoms with Gasteiger partial charge in [-0.25, -0.2) is 0 Å². The molecule has 0 aliphatic carbocycles. The summed E-state index contributed by atoms with van der Waals surface area (Å²) >= 11 is 0. The van der Waals surface area contributed by atoms with Gasteiger partial charge in [-0.05, 0) is 18.9 Å². The van der Waals surface area contributed by atoms with Crippen molar-refractivity contribution in [3.05, 3.63) is 24.0 Å². The Hall–Kier alpha value is -1.58. The molecule has 0 saturated carbocycles. The fraction of sp³-hybridized carbons (Fsp3) is 0.667. The second-order valence-electron chi connectivity index (χ2n) is 5.79. The molecule has 1 rings (SSSR count). The third kappa shape index (κ3) is 10.2. The van der Waals surface area contributed by atoms with Gasteiger partial charge in [0, 0.05) is 26.3 Å². The first-order valence-electron chi connectivity index (χ1n) is 8.49. The van der Waals surface area contributed by atoms with E-state index in [0.29, 0.717) is 12.2 Å². The van der Waals surface area contributed by atoms with Gasteiger partial charge in [-0.1, -0.05) is 50.7 Å². The Morgan fingerprint density at radius 3 is 2.36 bits per heavy atom. The van der Waals surface area contributed by atoms with Crippen LogP contribution in [0, 0.1) is 0 Å². The molecule has 0 bridgehead atoms. The Morgan fingerprint density at radius 2 is 1.68 bits per heavy atom. The summed E-state index contributed by atoms with van der Waals surface area (Å²) < 4.78 is 5.21. The lowest BCUT2D eigenvalue weighted by Gasteiger charge is -2.06. The number of carbonyl (C=O) groups excluding carboxylic acids is 2. The molecule has 1 aliphatic heterocycles. The van der Waals surface area contributed by atoms with Crippen LogP contribution in [0.4, 0.5) is 0 Å². The number of ether oxygens (including phenoxy) is 1. The van der Waals surface area contributed by atoms with Crippen molar-refractivity contribution in [2.45, 2.75) is 71.1 Å². The lowest BCUT2D eigenvalue weighted by atomic mass is 10.1. The molecule has 1 heterocycles. The summed E-state index contributed by atoms with van der Waals surface area (Å²) in [5.74, 6) is 0.444. The van der Waals surface area contributed by atoms with Crippen molar-refractivity contribution in [2.75, 3.05) is 6.54 Å². The fourth-order valence-corrected chi connectivity index (χ4v) is 2.49. The number of hydrogen-bond acceptors (Lipinski definition) is 3. The van der Waals surface area contributed by atoms with Crippen LogP contribution in [0.1, 0.15) is 71.1 Å². The van der Waals surface area contributed by atoms with Gasteiger partial charge in [0.1, 0.15) is 5.76 Å². The topological polar surface area (TPSA) is 55.4 Å². The minimum absolute atomic E-state index is 0.0444. The Kier molecular flexibility index (Phi) is 10.1. The molecule has 0 spiro atoms. The highest BCUT2D eigenvalue weighted by Crippen LogP contribution is 2.14. The van der Waals surface area contributed by atoms with Gasteiger partial charge in [0.2, 0.25) is 5.91 Å². The number of hydrogen-bond donors (Lipinski definition) is 1. The van der Waals surface area contributed by atoms with E-state index in [2.05, 4.69) is 5.32 Å². The maximum absolute atomic E-state index is 11.6. The van der Waals surface area contributed by atoms with Crippen molar-refractivity contribution in [1.29, 1.82) is 0 Å². The third-order valence-corrected chi connectivity index (χ3v) is 3.67. The third-order valence-electron chi connectivity index (χ3n) is 3.67. The Bertz CT molecular complexity index is 399. The number of rotatable bonds is 1. The molecule has 0 aromatic carbocycles. The van der Waals surface area contributed by atoms with Gasteiger partial charge in [0.25, 0.3) is 0 Å². The zero-order chi connectivity index (χ0) is 16.0. The number of amides is 1. The van der Waals surface area contributed by atoms with Crippen molar-refractivity contribution in [2.24, 2.45) is 0 Å². The van der Waals surface area contributed by atoms with Crippen molar-refractivity contribution >= 4 is 11.9 Å². The summed E-state index contributed by atoms with van der Waals surface area (Å²) in [6, 6.07) is 0. The highest BCUT2D eigenvalue weighted by atomic mass is 16.5. The number of esters is 1. The summed E-state index contributed by atoms with van der Waals surface area (Å²) in [5, 5.41) is 2.92. The zero-order valence-electron chi connectivity index (χ0n) is 13.7. The minimum atomic E-state index is -0.289. The fourth-order valence-electron chi connectivity index (χ4n) is 2.49. The summed E-state index contributed by atoms with van der Waals surface area (Å²) in [4.78, 5) is 22.7. The minimum Gasteiger partial charge on any atom is -0.431 e. The predicted octanol–water partition coefficient (Wildman–Crippen LogP) is 4.02. The molecule has 0 aromatic heterocycles. The Balaban J connectivity index is 2.52. The highest BCUT2D eigenvalue weighted by Gasteiger charge is 2.03. The van der Waals surface area contributed by atoms with Crippen molar-refractivity contribution in [1.82, 2.24) is 5.32 Å². The van der Waals surface area contributed by atoms with E-state index in [9.17, 15) is 9.59 Å². The summed E-state index contributed by atoms with van der Waals surface area (Å²) in [7, 11) is 0. The molecule has 0 saturated heterocycles. The van der Waals surface area contributed by atoms with Gasteiger partial charge >= 0.3 is 5.97 Å². The van der Waals surface area contributed by atoms with Crippen molar-refractivity contribution < 1.29 is 14.3 Å². The van der Waals surface area contributed by atoms with Gasteiger partial charge in [-0.15, -0.1) is 0 Å². The molecule has 0 fully saturated rings. The van der Waals surface area contributed by atoms with Crippen LogP contribution >= 0.6 is 0 Å². The molecule has 1 aliphatic rings. The van der Waals surface area contributed by atoms with Crippen LogP contribution in [-0.4, -0.2) is 18.4 Å². The van der Waals surface area contributed by atoms with Gasteiger partial charge in [0.15, 0.2) is 0 Å². The van der Waals surface area contributed by atoms with Crippen LogP contribution in [0.5, 0.6) is 0 Å². The average Bonchev–Trinajstić information content (AvgIpc) is 2.47. The molecule has 124 valence electrons. The number of allylic oxidation sites excluding steroid dienone is 3. The normalized spacial score (nSPS) is 23.5. The van der Waals surface area contributed by atoms with E-state index in [-0.39, 0.29) is 11.9 Å². The molecule has 4 heteroatoms. The maximum atomic E-state index is 11.6. The van der Waals surface area contributed by atoms with Crippen LogP contribution in [0.2, 0.25) is 0 Å². The predicted molar refractivity (Wildman–Crippen MR) is 88.2 cm³/mol. The maximum Gasteiger partial charge on any atom is 0.307 e. The van der Waals surface area contributed by atoms with E-state index in [1.54, 1.807) is 18.2 Å². The number of carbonyl (C=O) groups is 2. The van der Waals surface area contributed by atoms with Crippen molar-refractivity contribution in [3.8, 4) is 0 Å². The summed E-state index contributed by atoms with van der Waals surface area (Å²) in [6.07, 6.45) is 16.0. The van der Waals surface area contributed by atoms with Crippen LogP contribution in [0.25, 0.3) is 0 Å². The van der Waals surface area contributed by atoms with E-state index >= 15 is 0 Å². The molecule has 1 amide bonds. The van der Waals surface area contributed by atoms with Crippen LogP contribution in [0.15, 0.2) is 24.0 Å². The van der Waals surface area contributed by atoms with E-state index in [0.717, 1.165) is 25.8 Å². The molecule has 0 unspecified atom stereocenters.